The molecule has 1 rings (SSSR count). The Balaban J connectivity index is 3.02. The van der Waals surface area contributed by atoms with Gasteiger partial charge in [-0.1, -0.05) is 12.1 Å². The molecule has 1 heterocycles. The maximum Gasteiger partial charge on any atom is 0.402 e. The number of hydrogen-bond acceptors (Lipinski definition) is 3. The Hall–Kier alpha value is -1.32. The van der Waals surface area contributed by atoms with Crippen LogP contribution < -0.4 is 5.32 Å². The second-order valence-corrected chi connectivity index (χ2v) is 4.71. The molecular formula is C11H16F6N4. The molecule has 21 heavy (non-hydrogen) atoms. The van der Waals surface area contributed by atoms with Gasteiger partial charge in [-0.3, -0.25) is 4.68 Å². The first-order chi connectivity index (χ1) is 9.55. The molecule has 0 amide bonds. The van der Waals surface area contributed by atoms with Crippen molar-refractivity contribution in [2.75, 3.05) is 6.54 Å². The third-order valence-electron chi connectivity index (χ3n) is 2.84. The van der Waals surface area contributed by atoms with Crippen LogP contribution in [0.15, 0.2) is 6.20 Å². The zero-order valence-electron chi connectivity index (χ0n) is 11.5. The van der Waals surface area contributed by atoms with Crippen molar-refractivity contribution in [2.24, 2.45) is 13.0 Å². The van der Waals surface area contributed by atoms with Crippen molar-refractivity contribution in [3.05, 3.63) is 11.9 Å². The molecule has 1 aromatic heterocycles. The van der Waals surface area contributed by atoms with Gasteiger partial charge in [0.25, 0.3) is 0 Å². The number of rotatable bonds is 6. The Bertz CT molecular complexity index is 425. The number of nitrogens with zero attached hydrogens (tertiary/aromatic N) is 3. The summed E-state index contributed by atoms with van der Waals surface area (Å²) in [5.74, 6) is -3.45. The van der Waals surface area contributed by atoms with Crippen LogP contribution in [-0.4, -0.2) is 39.9 Å². The highest BCUT2D eigenvalue weighted by Crippen LogP contribution is 2.42. The minimum atomic E-state index is -5.38. The third-order valence-corrected chi connectivity index (χ3v) is 2.84. The predicted molar refractivity (Wildman–Crippen MR) is 62.4 cm³/mol. The number of alkyl halides is 6. The average molecular weight is 318 g/mol. The summed E-state index contributed by atoms with van der Waals surface area (Å²) in [6.07, 6.45) is -9.56. The number of aryl methyl sites for hydroxylation is 1. The van der Waals surface area contributed by atoms with Gasteiger partial charge in [0.2, 0.25) is 0 Å². The van der Waals surface area contributed by atoms with Crippen molar-refractivity contribution in [3.8, 4) is 0 Å². The number of aromatic nitrogens is 3. The summed E-state index contributed by atoms with van der Waals surface area (Å²) in [5.41, 5.74) is 0.0737. The minimum Gasteiger partial charge on any atom is -0.313 e. The lowest BCUT2D eigenvalue weighted by atomic mass is 9.94. The van der Waals surface area contributed by atoms with Crippen LogP contribution in [0, 0.1) is 5.92 Å². The fourth-order valence-electron chi connectivity index (χ4n) is 1.99. The van der Waals surface area contributed by atoms with Crippen molar-refractivity contribution in [2.45, 2.75) is 38.2 Å². The second-order valence-electron chi connectivity index (χ2n) is 4.71. The largest absolute Gasteiger partial charge is 0.402 e. The maximum atomic E-state index is 12.8. The van der Waals surface area contributed by atoms with Crippen molar-refractivity contribution >= 4 is 0 Å². The molecular weight excluding hydrogens is 302 g/mol. The summed E-state index contributed by atoms with van der Waals surface area (Å²) in [4.78, 5) is 0. The highest BCUT2D eigenvalue weighted by Gasteiger charge is 2.60. The quantitative estimate of drug-likeness (QED) is 0.820. The van der Waals surface area contributed by atoms with Crippen LogP contribution in [0.1, 0.15) is 19.0 Å². The molecule has 0 saturated heterocycles. The van der Waals surface area contributed by atoms with Gasteiger partial charge in [0, 0.05) is 25.7 Å². The summed E-state index contributed by atoms with van der Waals surface area (Å²) in [5, 5.41) is 9.38. The Morgan fingerprint density at radius 1 is 1.19 bits per heavy atom. The maximum absolute atomic E-state index is 12.8. The smallest absolute Gasteiger partial charge is 0.313 e. The van der Waals surface area contributed by atoms with Gasteiger partial charge in [-0.05, 0) is 13.0 Å². The van der Waals surface area contributed by atoms with Crippen LogP contribution >= 0.6 is 0 Å². The molecule has 0 aromatic carbocycles. The predicted octanol–water partition coefficient (Wildman–Crippen LogP) is 2.47. The zero-order valence-corrected chi connectivity index (χ0v) is 11.5. The molecule has 1 atom stereocenters. The second kappa shape index (κ2) is 6.63. The molecule has 0 aliphatic carbocycles. The van der Waals surface area contributed by atoms with E-state index >= 15 is 0 Å². The van der Waals surface area contributed by atoms with Gasteiger partial charge in [-0.2, -0.15) is 26.3 Å². The van der Waals surface area contributed by atoms with E-state index in [9.17, 15) is 26.3 Å². The number of nitrogens with one attached hydrogen (secondary N) is 1. The first-order valence-corrected chi connectivity index (χ1v) is 6.27. The molecule has 1 unspecified atom stereocenters. The van der Waals surface area contributed by atoms with E-state index in [1.807, 2.05) is 0 Å². The standard InChI is InChI=1S/C11H16F6N4/c1-3-4-18-8(5-7-6-21(2)20-19-7)9(10(12,13)14)11(15,16)17/h6,8-9,18H,3-5H2,1-2H3. The Morgan fingerprint density at radius 3 is 2.14 bits per heavy atom. The van der Waals surface area contributed by atoms with Crippen LogP contribution in [0.5, 0.6) is 0 Å². The van der Waals surface area contributed by atoms with Crippen molar-refractivity contribution in [1.29, 1.82) is 0 Å². The van der Waals surface area contributed by atoms with E-state index in [1.165, 1.54) is 17.9 Å². The molecule has 0 saturated carbocycles. The monoisotopic (exact) mass is 318 g/mol. The molecule has 0 bridgehead atoms. The van der Waals surface area contributed by atoms with Gasteiger partial charge in [-0.15, -0.1) is 5.10 Å². The topological polar surface area (TPSA) is 42.7 Å². The average Bonchev–Trinajstić information content (AvgIpc) is 2.67. The normalized spacial score (nSPS) is 14.7. The summed E-state index contributed by atoms with van der Waals surface area (Å²) < 4.78 is 78.0. The van der Waals surface area contributed by atoms with Crippen molar-refractivity contribution < 1.29 is 26.3 Å². The Labute approximate surface area is 117 Å². The van der Waals surface area contributed by atoms with E-state index in [4.69, 9.17) is 0 Å². The van der Waals surface area contributed by atoms with Gasteiger partial charge in [0.15, 0.2) is 5.92 Å². The molecule has 122 valence electrons. The lowest BCUT2D eigenvalue weighted by molar-refractivity contribution is -0.291. The summed E-state index contributed by atoms with van der Waals surface area (Å²) >= 11 is 0. The fourth-order valence-corrected chi connectivity index (χ4v) is 1.99. The van der Waals surface area contributed by atoms with Crippen molar-refractivity contribution in [1.82, 2.24) is 20.3 Å². The lowest BCUT2D eigenvalue weighted by Crippen LogP contribution is -2.52. The molecule has 1 N–H and O–H groups in total. The van der Waals surface area contributed by atoms with E-state index in [2.05, 4.69) is 15.6 Å². The molecule has 0 fully saturated rings. The molecule has 0 aliphatic rings. The van der Waals surface area contributed by atoms with Crippen LogP contribution in [0.25, 0.3) is 0 Å². The highest BCUT2D eigenvalue weighted by molar-refractivity contribution is 5.00. The molecule has 1 aromatic rings. The Morgan fingerprint density at radius 2 is 1.76 bits per heavy atom. The molecule has 10 heteroatoms. The fraction of sp³-hybridized carbons (Fsp3) is 0.818. The summed E-state index contributed by atoms with van der Waals surface area (Å²) in [6.45, 7) is 1.70. The third kappa shape index (κ3) is 5.18. The zero-order chi connectivity index (χ0) is 16.3. The number of halogens is 6. The van der Waals surface area contributed by atoms with Gasteiger partial charge < -0.3 is 5.32 Å². The van der Waals surface area contributed by atoms with E-state index < -0.39 is 30.7 Å². The molecule has 0 spiro atoms. The van der Waals surface area contributed by atoms with Gasteiger partial charge in [0.05, 0.1) is 5.69 Å². The first-order valence-electron chi connectivity index (χ1n) is 6.27. The van der Waals surface area contributed by atoms with E-state index in [-0.39, 0.29) is 12.2 Å². The molecule has 4 nitrogen and oxygen atoms in total. The minimum absolute atomic E-state index is 0.0492. The number of hydrogen-bond donors (Lipinski definition) is 1. The molecule has 0 radical (unpaired) electrons. The van der Waals surface area contributed by atoms with E-state index in [1.54, 1.807) is 6.92 Å². The summed E-state index contributed by atoms with van der Waals surface area (Å²) in [6, 6.07) is -1.83. The highest BCUT2D eigenvalue weighted by atomic mass is 19.4. The first kappa shape index (κ1) is 17.7. The SMILES string of the molecule is CCCNC(Cc1cn(C)nn1)C(C(F)(F)F)C(F)(F)F. The van der Waals surface area contributed by atoms with Gasteiger partial charge in [-0.25, -0.2) is 0 Å². The van der Waals surface area contributed by atoms with Crippen LogP contribution in [0.4, 0.5) is 26.3 Å². The van der Waals surface area contributed by atoms with Gasteiger partial charge >= 0.3 is 12.4 Å². The Kier molecular flexibility index (Phi) is 5.60. The van der Waals surface area contributed by atoms with Crippen LogP contribution in [-0.2, 0) is 13.5 Å². The molecule has 0 aliphatic heterocycles. The van der Waals surface area contributed by atoms with Crippen LogP contribution in [0.2, 0.25) is 0 Å². The van der Waals surface area contributed by atoms with Crippen molar-refractivity contribution in [3.63, 3.8) is 0 Å². The van der Waals surface area contributed by atoms with Crippen LogP contribution in [0.3, 0.4) is 0 Å². The van der Waals surface area contributed by atoms with E-state index in [0.29, 0.717) is 6.42 Å². The summed E-state index contributed by atoms with van der Waals surface area (Å²) in [7, 11) is 1.48. The van der Waals surface area contributed by atoms with E-state index in [0.717, 1.165) is 0 Å². The van der Waals surface area contributed by atoms with Gasteiger partial charge in [0.1, 0.15) is 0 Å². The lowest BCUT2D eigenvalue weighted by Gasteiger charge is -2.31.